The zero-order chi connectivity index (χ0) is 23.4. The molecule has 11 heteroatoms. The highest BCUT2D eigenvalue weighted by Gasteiger charge is 2.46. The molecule has 0 radical (unpaired) electrons. The van der Waals surface area contributed by atoms with E-state index in [4.69, 9.17) is 5.73 Å². The summed E-state index contributed by atoms with van der Waals surface area (Å²) in [6.07, 6.45) is -3.59. The number of thioether (sulfide) groups is 1. The van der Waals surface area contributed by atoms with Gasteiger partial charge in [0.25, 0.3) is 5.91 Å². The molecule has 3 N–H and O–H groups in total. The van der Waals surface area contributed by atoms with Crippen molar-refractivity contribution in [3.05, 3.63) is 46.9 Å². The maximum Gasteiger partial charge on any atom is 0.493 e. The average molecular weight is 467 g/mol. The topological polar surface area (TPSA) is 88.4 Å². The number of benzene rings is 2. The number of amides is 1. The van der Waals surface area contributed by atoms with Crippen LogP contribution in [0, 0.1) is 19.7 Å². The van der Waals surface area contributed by atoms with Gasteiger partial charge < -0.3 is 15.6 Å². The molecule has 0 fully saturated rings. The maximum atomic E-state index is 14.9. The number of halogens is 4. The summed E-state index contributed by atoms with van der Waals surface area (Å²) in [4.78, 5) is 32.6. The minimum atomic E-state index is -5.31. The number of carbonyl (C=O) groups is 2. The molecule has 32 heavy (non-hydrogen) atoms. The Balaban J connectivity index is 2.01. The lowest BCUT2D eigenvalue weighted by Crippen LogP contribution is -2.36. The van der Waals surface area contributed by atoms with Crippen molar-refractivity contribution in [1.29, 1.82) is 0 Å². The van der Waals surface area contributed by atoms with Crippen LogP contribution in [0.15, 0.2) is 29.3 Å². The van der Waals surface area contributed by atoms with E-state index in [1.54, 1.807) is 12.3 Å². The van der Waals surface area contributed by atoms with E-state index in [9.17, 15) is 27.2 Å². The number of aryl methyl sites for hydroxylation is 1. The Morgan fingerprint density at radius 2 is 1.97 bits per heavy atom. The first-order valence-electron chi connectivity index (χ1n) is 9.46. The number of aromatic nitrogens is 1. The first-order chi connectivity index (χ1) is 15.1. The second-order valence-corrected chi connectivity index (χ2v) is 8.34. The number of aromatic amines is 1. The van der Waals surface area contributed by atoms with Crippen molar-refractivity contribution in [3.8, 4) is 11.3 Å². The second kappa shape index (κ2) is 7.82. The van der Waals surface area contributed by atoms with Gasteiger partial charge in [-0.2, -0.15) is 13.2 Å². The van der Waals surface area contributed by atoms with Gasteiger partial charge >= 0.3 is 12.1 Å². The summed E-state index contributed by atoms with van der Waals surface area (Å²) in [6.45, 7) is 3.97. The Morgan fingerprint density at radius 3 is 2.56 bits per heavy atom. The zero-order valence-electron chi connectivity index (χ0n) is 16.9. The molecule has 0 saturated carbocycles. The number of nitrogens with two attached hydrogens (primary N) is 1. The average Bonchev–Trinajstić information content (AvgIpc) is 3.20. The third kappa shape index (κ3) is 3.41. The second-order valence-electron chi connectivity index (χ2n) is 7.20. The molecule has 2 heterocycles. The summed E-state index contributed by atoms with van der Waals surface area (Å²) in [5, 5.41) is 0.409. The predicted octanol–water partition coefficient (Wildman–Crippen LogP) is 4.62. The van der Waals surface area contributed by atoms with Crippen LogP contribution in [0.25, 0.3) is 22.0 Å². The van der Waals surface area contributed by atoms with Crippen LogP contribution in [0.4, 0.5) is 23.2 Å². The van der Waals surface area contributed by atoms with E-state index in [-0.39, 0.29) is 27.1 Å². The van der Waals surface area contributed by atoms with Gasteiger partial charge in [-0.05, 0) is 43.2 Å². The number of hydrogen-bond donors (Lipinski definition) is 2. The van der Waals surface area contributed by atoms with Crippen molar-refractivity contribution in [1.82, 2.24) is 4.98 Å². The Labute approximate surface area is 183 Å². The van der Waals surface area contributed by atoms with Crippen LogP contribution < -0.4 is 10.8 Å². The fraction of sp³-hybridized carbons (Fsp3) is 0.238. The summed E-state index contributed by atoms with van der Waals surface area (Å²) in [5.74, 6) is -3.76. The van der Waals surface area contributed by atoms with Gasteiger partial charge in [0.1, 0.15) is 5.82 Å². The largest absolute Gasteiger partial charge is 0.493 e. The van der Waals surface area contributed by atoms with Crippen LogP contribution >= 0.6 is 11.8 Å². The lowest BCUT2D eigenvalue weighted by molar-refractivity contribution is -0.199. The summed E-state index contributed by atoms with van der Waals surface area (Å²) in [7, 11) is 0. The molecule has 6 nitrogen and oxygen atoms in total. The highest BCUT2D eigenvalue weighted by molar-refractivity contribution is 7.99. The SMILES string of the molecule is Cc1c[nH]c(-c2cc(SCCN)c3c(F)ccc4c3c2C(=O)N4OC(=O)C(F)(F)F)c1C. The van der Waals surface area contributed by atoms with Crippen molar-refractivity contribution in [3.63, 3.8) is 0 Å². The molecule has 0 bridgehead atoms. The van der Waals surface area contributed by atoms with E-state index in [0.717, 1.165) is 23.3 Å². The Kier molecular flexibility index (Phi) is 5.41. The van der Waals surface area contributed by atoms with Gasteiger partial charge in [0.05, 0.1) is 11.3 Å². The van der Waals surface area contributed by atoms with Gasteiger partial charge in [0, 0.05) is 45.4 Å². The third-order valence-corrected chi connectivity index (χ3v) is 6.31. The Morgan fingerprint density at radius 1 is 1.25 bits per heavy atom. The van der Waals surface area contributed by atoms with Crippen LogP contribution in [0.5, 0.6) is 0 Å². The van der Waals surface area contributed by atoms with Crippen LogP contribution in [0.2, 0.25) is 0 Å². The van der Waals surface area contributed by atoms with Crippen LogP contribution in [-0.2, 0) is 9.63 Å². The maximum absolute atomic E-state index is 14.9. The molecule has 4 rings (SSSR count). The number of hydrogen-bond acceptors (Lipinski definition) is 5. The van der Waals surface area contributed by atoms with E-state index in [1.807, 2.05) is 13.8 Å². The van der Waals surface area contributed by atoms with Gasteiger partial charge in [-0.15, -0.1) is 16.8 Å². The molecule has 1 amide bonds. The predicted molar refractivity (Wildman–Crippen MR) is 112 cm³/mol. The molecule has 0 saturated heterocycles. The molecule has 0 aliphatic carbocycles. The van der Waals surface area contributed by atoms with Gasteiger partial charge in [0.15, 0.2) is 0 Å². The van der Waals surface area contributed by atoms with Crippen molar-refractivity contribution >= 4 is 40.1 Å². The molecule has 1 aliphatic heterocycles. The third-order valence-electron chi connectivity index (χ3n) is 5.24. The smallest absolute Gasteiger partial charge is 0.361 e. The number of nitrogens with one attached hydrogen (secondary N) is 1. The lowest BCUT2D eigenvalue weighted by Gasteiger charge is -2.17. The van der Waals surface area contributed by atoms with Gasteiger partial charge in [0.2, 0.25) is 0 Å². The van der Waals surface area contributed by atoms with Crippen molar-refractivity contribution < 1.29 is 32.0 Å². The molecule has 0 spiro atoms. The molecule has 1 aromatic heterocycles. The zero-order valence-corrected chi connectivity index (χ0v) is 17.7. The van der Waals surface area contributed by atoms with Crippen molar-refractivity contribution in [2.75, 3.05) is 17.4 Å². The minimum absolute atomic E-state index is 0.0495. The van der Waals surface area contributed by atoms with E-state index in [0.29, 0.717) is 28.5 Å². The van der Waals surface area contributed by atoms with Crippen molar-refractivity contribution in [2.24, 2.45) is 5.73 Å². The first-order valence-corrected chi connectivity index (χ1v) is 10.5. The van der Waals surface area contributed by atoms with Gasteiger partial charge in [-0.3, -0.25) is 4.79 Å². The lowest BCUT2D eigenvalue weighted by atomic mass is 9.95. The minimum Gasteiger partial charge on any atom is -0.361 e. The monoisotopic (exact) mass is 467 g/mol. The highest BCUT2D eigenvalue weighted by atomic mass is 32.2. The number of carbonyl (C=O) groups excluding carboxylic acids is 2. The van der Waals surface area contributed by atoms with Gasteiger partial charge in [-0.25, -0.2) is 9.18 Å². The standard InChI is InChI=1S/C21H17F4N3O3S/c1-9-8-27-18(10(9)2)11-7-14(32-6-5-26)16-12(22)3-4-13-17(16)15(11)19(29)28(13)31-20(30)21(23,24)25/h3-4,7-8,27H,5-6,26H2,1-2H3. The molecule has 0 unspecified atom stereocenters. The fourth-order valence-electron chi connectivity index (χ4n) is 3.65. The van der Waals surface area contributed by atoms with Crippen LogP contribution in [0.3, 0.4) is 0 Å². The molecular formula is C21H17F4N3O3S. The summed E-state index contributed by atoms with van der Waals surface area (Å²) in [6, 6.07) is 3.74. The van der Waals surface area contributed by atoms with E-state index in [1.165, 1.54) is 11.8 Å². The Hall–Kier alpha value is -3.05. The number of rotatable bonds is 5. The molecule has 3 aromatic rings. The highest BCUT2D eigenvalue weighted by Crippen LogP contribution is 2.47. The molecule has 0 atom stereocenters. The summed E-state index contributed by atoms with van der Waals surface area (Å²) in [5.41, 5.74) is 8.04. The summed E-state index contributed by atoms with van der Waals surface area (Å²) < 4.78 is 53.4. The van der Waals surface area contributed by atoms with E-state index >= 15 is 0 Å². The number of H-pyrrole nitrogens is 1. The normalized spacial score (nSPS) is 13.3. The van der Waals surface area contributed by atoms with E-state index < -0.39 is 23.9 Å². The number of nitrogens with zero attached hydrogens (tertiary/aromatic N) is 1. The van der Waals surface area contributed by atoms with Crippen LogP contribution in [0.1, 0.15) is 21.5 Å². The quantitative estimate of drug-likeness (QED) is 0.422. The van der Waals surface area contributed by atoms with Crippen molar-refractivity contribution in [2.45, 2.75) is 24.9 Å². The molecule has 168 valence electrons. The molecule has 2 aromatic carbocycles. The molecule has 1 aliphatic rings. The first kappa shape index (κ1) is 22.2. The Bertz CT molecular complexity index is 1270. The molecular weight excluding hydrogens is 450 g/mol. The fourth-order valence-corrected chi connectivity index (χ4v) is 4.53. The number of anilines is 1. The summed E-state index contributed by atoms with van der Waals surface area (Å²) >= 11 is 1.25. The number of hydroxylamine groups is 1. The van der Waals surface area contributed by atoms with Crippen LogP contribution in [-0.4, -0.2) is 35.3 Å². The van der Waals surface area contributed by atoms with E-state index in [2.05, 4.69) is 9.82 Å². The number of alkyl halides is 3. The van der Waals surface area contributed by atoms with Gasteiger partial charge in [-0.1, -0.05) is 0 Å².